The smallest absolute Gasteiger partial charge is 0.318 e. The minimum absolute atomic E-state index is 0.246. The lowest BCUT2D eigenvalue weighted by Crippen LogP contribution is -2.30. The van der Waals surface area contributed by atoms with Crippen molar-refractivity contribution < 1.29 is 14.3 Å². The van der Waals surface area contributed by atoms with E-state index < -0.39 is 5.41 Å². The Hall–Kier alpha value is -1.62. The minimum Gasteiger partial charge on any atom is -0.494 e. The van der Waals surface area contributed by atoms with Gasteiger partial charge in [-0.1, -0.05) is 0 Å². The minimum atomic E-state index is -0.731. The van der Waals surface area contributed by atoms with Gasteiger partial charge in [-0.3, -0.25) is 4.79 Å². The molecule has 1 aromatic carbocycles. The van der Waals surface area contributed by atoms with E-state index in [4.69, 9.17) is 9.47 Å². The van der Waals surface area contributed by atoms with Gasteiger partial charge in [0.1, 0.15) is 16.2 Å². The van der Waals surface area contributed by atoms with Crippen LogP contribution in [0.15, 0.2) is 18.2 Å². The molecule has 0 unspecified atom stereocenters. The molecular formula is C15H19NO3S. The first kappa shape index (κ1) is 14.8. The number of rotatable bonds is 5. The number of nitrogens with zero attached hydrogens (tertiary/aromatic N) is 1. The number of esters is 1. The van der Waals surface area contributed by atoms with Crippen molar-refractivity contribution in [1.82, 2.24) is 4.98 Å². The lowest BCUT2D eigenvalue weighted by Gasteiger charge is -2.19. The third-order valence-electron chi connectivity index (χ3n) is 2.99. The fourth-order valence-corrected chi connectivity index (χ4v) is 2.91. The molecule has 0 aliphatic carbocycles. The third-order valence-corrected chi connectivity index (χ3v) is 4.33. The van der Waals surface area contributed by atoms with Crippen LogP contribution in [0.2, 0.25) is 0 Å². The summed E-state index contributed by atoms with van der Waals surface area (Å²) in [5.41, 5.74) is 0.150. The number of hydrogen-bond acceptors (Lipinski definition) is 5. The molecule has 20 heavy (non-hydrogen) atoms. The maximum absolute atomic E-state index is 12.0. The Bertz CT molecular complexity index is 619. The molecule has 0 amide bonds. The number of hydrogen-bond donors (Lipinski definition) is 0. The molecule has 2 rings (SSSR count). The van der Waals surface area contributed by atoms with Crippen molar-refractivity contribution in [3.63, 3.8) is 0 Å². The van der Waals surface area contributed by atoms with E-state index in [1.165, 1.54) is 11.3 Å². The molecule has 0 saturated heterocycles. The molecule has 108 valence electrons. The highest BCUT2D eigenvalue weighted by Gasteiger charge is 2.34. The second-order valence-electron chi connectivity index (χ2n) is 4.93. The second kappa shape index (κ2) is 5.79. The summed E-state index contributed by atoms with van der Waals surface area (Å²) in [5.74, 6) is 0.577. The molecule has 0 aliphatic rings. The van der Waals surface area contributed by atoms with Gasteiger partial charge in [0.2, 0.25) is 0 Å². The van der Waals surface area contributed by atoms with Crippen molar-refractivity contribution in [3.8, 4) is 5.75 Å². The summed E-state index contributed by atoms with van der Waals surface area (Å²) < 4.78 is 11.6. The fraction of sp³-hybridized carbons (Fsp3) is 0.467. The molecule has 5 heteroatoms. The van der Waals surface area contributed by atoms with Gasteiger partial charge in [-0.25, -0.2) is 4.98 Å². The van der Waals surface area contributed by atoms with Gasteiger partial charge in [0, 0.05) is 0 Å². The van der Waals surface area contributed by atoms with Crippen LogP contribution in [-0.2, 0) is 14.9 Å². The largest absolute Gasteiger partial charge is 0.494 e. The highest BCUT2D eigenvalue weighted by molar-refractivity contribution is 7.18. The van der Waals surface area contributed by atoms with E-state index in [1.54, 1.807) is 6.92 Å². The quantitative estimate of drug-likeness (QED) is 0.791. The van der Waals surface area contributed by atoms with Crippen LogP contribution in [0.1, 0.15) is 32.7 Å². The first-order chi connectivity index (χ1) is 9.48. The molecule has 0 saturated carbocycles. The Balaban J connectivity index is 2.38. The van der Waals surface area contributed by atoms with Crippen LogP contribution in [-0.4, -0.2) is 24.2 Å². The number of carbonyl (C=O) groups is 1. The first-order valence-corrected chi connectivity index (χ1v) is 7.51. The molecule has 0 fully saturated rings. The Morgan fingerprint density at radius 3 is 2.70 bits per heavy atom. The molecule has 0 bridgehead atoms. The maximum Gasteiger partial charge on any atom is 0.318 e. The molecular weight excluding hydrogens is 274 g/mol. The second-order valence-corrected chi connectivity index (χ2v) is 5.96. The van der Waals surface area contributed by atoms with Crippen LogP contribution < -0.4 is 4.74 Å². The standard InChI is InChI=1S/C15H19NO3S/c1-5-18-10-7-8-11-12(9-10)20-13(16-11)15(3,4)14(17)19-6-2/h7-9H,5-6H2,1-4H3. The normalized spacial score (nSPS) is 11.6. The summed E-state index contributed by atoms with van der Waals surface area (Å²) in [5, 5.41) is 0.764. The Morgan fingerprint density at radius 2 is 2.05 bits per heavy atom. The Labute approximate surface area is 122 Å². The Morgan fingerprint density at radius 1 is 1.30 bits per heavy atom. The van der Waals surface area contributed by atoms with Crippen molar-refractivity contribution in [1.29, 1.82) is 0 Å². The topological polar surface area (TPSA) is 48.4 Å². The zero-order valence-electron chi connectivity index (χ0n) is 12.2. The third kappa shape index (κ3) is 2.77. The molecule has 0 radical (unpaired) electrons. The molecule has 2 aromatic rings. The van der Waals surface area contributed by atoms with Crippen LogP contribution in [0.3, 0.4) is 0 Å². The van der Waals surface area contributed by atoms with Gasteiger partial charge >= 0.3 is 5.97 Å². The van der Waals surface area contributed by atoms with E-state index >= 15 is 0 Å². The molecule has 0 spiro atoms. The Kier molecular flexibility index (Phi) is 4.28. The number of fused-ring (bicyclic) bond motifs is 1. The average Bonchev–Trinajstić information content (AvgIpc) is 2.83. The molecule has 0 atom stereocenters. The summed E-state index contributed by atoms with van der Waals surface area (Å²) in [7, 11) is 0. The van der Waals surface area contributed by atoms with Crippen LogP contribution in [0.25, 0.3) is 10.2 Å². The highest BCUT2D eigenvalue weighted by Crippen LogP contribution is 2.34. The van der Waals surface area contributed by atoms with Crippen LogP contribution >= 0.6 is 11.3 Å². The molecule has 4 nitrogen and oxygen atoms in total. The summed E-state index contributed by atoms with van der Waals surface area (Å²) >= 11 is 1.51. The lowest BCUT2D eigenvalue weighted by molar-refractivity contribution is -0.148. The highest BCUT2D eigenvalue weighted by atomic mass is 32.1. The van der Waals surface area contributed by atoms with Gasteiger partial charge in [-0.15, -0.1) is 11.3 Å². The number of carbonyl (C=O) groups excluding carboxylic acids is 1. The SMILES string of the molecule is CCOC(=O)C(C)(C)c1nc2ccc(OCC)cc2s1. The van der Waals surface area contributed by atoms with Crippen molar-refractivity contribution in [2.75, 3.05) is 13.2 Å². The van der Waals surface area contributed by atoms with Crippen LogP contribution in [0.5, 0.6) is 5.75 Å². The molecule has 1 aromatic heterocycles. The zero-order valence-corrected chi connectivity index (χ0v) is 13.0. The number of aromatic nitrogens is 1. The zero-order chi connectivity index (χ0) is 14.8. The van der Waals surface area contributed by atoms with Gasteiger partial charge in [-0.2, -0.15) is 0 Å². The van der Waals surface area contributed by atoms with Crippen molar-refractivity contribution in [3.05, 3.63) is 23.2 Å². The molecule has 0 N–H and O–H groups in total. The lowest BCUT2D eigenvalue weighted by atomic mass is 9.95. The summed E-state index contributed by atoms with van der Waals surface area (Å²) in [6, 6.07) is 5.77. The average molecular weight is 293 g/mol. The predicted octanol–water partition coefficient (Wildman–Crippen LogP) is 3.54. The van der Waals surface area contributed by atoms with Crippen molar-refractivity contribution in [2.24, 2.45) is 0 Å². The van der Waals surface area contributed by atoms with E-state index in [1.807, 2.05) is 39.0 Å². The van der Waals surface area contributed by atoms with E-state index in [2.05, 4.69) is 4.98 Å². The van der Waals surface area contributed by atoms with Crippen molar-refractivity contribution in [2.45, 2.75) is 33.1 Å². The van der Waals surface area contributed by atoms with Gasteiger partial charge < -0.3 is 9.47 Å². The number of benzene rings is 1. The first-order valence-electron chi connectivity index (χ1n) is 6.70. The monoisotopic (exact) mass is 293 g/mol. The van der Waals surface area contributed by atoms with Crippen LogP contribution in [0.4, 0.5) is 0 Å². The maximum atomic E-state index is 12.0. The molecule has 0 aliphatic heterocycles. The summed E-state index contributed by atoms with van der Waals surface area (Å²) in [6.07, 6.45) is 0. The predicted molar refractivity (Wildman–Crippen MR) is 80.4 cm³/mol. The van der Waals surface area contributed by atoms with Gasteiger partial charge in [0.05, 0.1) is 23.4 Å². The van der Waals surface area contributed by atoms with Gasteiger partial charge in [-0.05, 0) is 45.9 Å². The van der Waals surface area contributed by atoms with Crippen molar-refractivity contribution >= 4 is 27.5 Å². The van der Waals surface area contributed by atoms with Gasteiger partial charge in [0.25, 0.3) is 0 Å². The van der Waals surface area contributed by atoms with E-state index in [-0.39, 0.29) is 5.97 Å². The van der Waals surface area contributed by atoms with E-state index in [9.17, 15) is 4.79 Å². The van der Waals surface area contributed by atoms with Crippen LogP contribution in [0, 0.1) is 0 Å². The summed E-state index contributed by atoms with van der Waals surface area (Å²) in [4.78, 5) is 16.6. The van der Waals surface area contributed by atoms with E-state index in [0.29, 0.717) is 13.2 Å². The number of ether oxygens (including phenoxy) is 2. The fourth-order valence-electron chi connectivity index (χ4n) is 1.83. The summed E-state index contributed by atoms with van der Waals surface area (Å²) in [6.45, 7) is 8.44. The van der Waals surface area contributed by atoms with E-state index in [0.717, 1.165) is 21.0 Å². The molecule has 1 heterocycles. The van der Waals surface area contributed by atoms with Gasteiger partial charge in [0.15, 0.2) is 0 Å². The number of thiazole rings is 1.